The highest BCUT2D eigenvalue weighted by atomic mass is 32.2. The van der Waals surface area contributed by atoms with Gasteiger partial charge in [0.1, 0.15) is 0 Å². The molecule has 0 aliphatic carbocycles. The van der Waals surface area contributed by atoms with Crippen molar-refractivity contribution in [3.8, 4) is 11.7 Å². The van der Waals surface area contributed by atoms with E-state index in [0.717, 1.165) is 11.8 Å². The summed E-state index contributed by atoms with van der Waals surface area (Å²) in [5, 5.41) is 7.85. The van der Waals surface area contributed by atoms with Gasteiger partial charge in [-0.2, -0.15) is 0 Å². The lowest BCUT2D eigenvalue weighted by molar-refractivity contribution is -0.119. The molecule has 0 spiro atoms. The Morgan fingerprint density at radius 1 is 1.04 bits per heavy atom. The molecule has 0 unspecified atom stereocenters. The number of benzene rings is 1. The van der Waals surface area contributed by atoms with E-state index in [2.05, 4.69) is 21.0 Å². The van der Waals surface area contributed by atoms with Gasteiger partial charge in [-0.1, -0.05) is 30.0 Å². The summed E-state index contributed by atoms with van der Waals surface area (Å²) in [5.74, 6) is -0.0995. The van der Waals surface area contributed by atoms with E-state index in [-0.39, 0.29) is 16.9 Å². The first-order valence-electron chi connectivity index (χ1n) is 6.87. The predicted octanol–water partition coefficient (Wildman–Crippen LogP) is 1.88. The summed E-state index contributed by atoms with van der Waals surface area (Å²) in [6.45, 7) is 0. The van der Waals surface area contributed by atoms with E-state index in [1.165, 1.54) is 6.26 Å². The van der Waals surface area contributed by atoms with Crippen molar-refractivity contribution in [3.63, 3.8) is 0 Å². The van der Waals surface area contributed by atoms with Gasteiger partial charge in [-0.25, -0.2) is 0 Å². The summed E-state index contributed by atoms with van der Waals surface area (Å²) < 4.78 is 10.5. The van der Waals surface area contributed by atoms with Crippen molar-refractivity contribution < 1.29 is 18.4 Å². The standard InChI is InChI=1S/C15H12N4O4S/c20-12(16-17-13(21)10-5-2-1-3-6-10)9-24-15-19-18-14(23-15)11-7-4-8-22-11/h1-8H,9H2,(H,16,20)(H,17,21). The second-order valence-corrected chi connectivity index (χ2v) is 5.43. The number of rotatable bonds is 5. The van der Waals surface area contributed by atoms with Gasteiger partial charge < -0.3 is 8.83 Å². The molecule has 0 bridgehead atoms. The normalized spacial score (nSPS) is 10.3. The largest absolute Gasteiger partial charge is 0.459 e. The fraction of sp³-hybridized carbons (Fsp3) is 0.0667. The van der Waals surface area contributed by atoms with Gasteiger partial charge in [0.05, 0.1) is 12.0 Å². The first kappa shape index (κ1) is 15.8. The summed E-state index contributed by atoms with van der Waals surface area (Å²) >= 11 is 1.05. The van der Waals surface area contributed by atoms with Crippen LogP contribution in [0.3, 0.4) is 0 Å². The molecule has 2 aromatic heterocycles. The molecular formula is C15H12N4O4S. The van der Waals surface area contributed by atoms with Crippen molar-refractivity contribution in [1.82, 2.24) is 21.0 Å². The fourth-order valence-corrected chi connectivity index (χ4v) is 2.28. The number of thioether (sulfide) groups is 1. The fourth-order valence-electron chi connectivity index (χ4n) is 1.72. The second kappa shape index (κ2) is 7.47. The molecule has 3 rings (SSSR count). The number of hydrazine groups is 1. The minimum Gasteiger partial charge on any atom is -0.459 e. The zero-order chi connectivity index (χ0) is 16.8. The zero-order valence-corrected chi connectivity index (χ0v) is 13.1. The topological polar surface area (TPSA) is 110 Å². The van der Waals surface area contributed by atoms with Crippen molar-refractivity contribution >= 4 is 23.6 Å². The van der Waals surface area contributed by atoms with Crippen LogP contribution in [0.25, 0.3) is 11.7 Å². The minimum atomic E-state index is -0.401. The summed E-state index contributed by atoms with van der Waals surface area (Å²) in [6, 6.07) is 11.9. The van der Waals surface area contributed by atoms with Gasteiger partial charge >= 0.3 is 0 Å². The van der Waals surface area contributed by atoms with E-state index in [1.54, 1.807) is 42.5 Å². The van der Waals surface area contributed by atoms with Crippen LogP contribution in [0.5, 0.6) is 0 Å². The van der Waals surface area contributed by atoms with E-state index >= 15 is 0 Å². The number of nitrogens with zero attached hydrogens (tertiary/aromatic N) is 2. The van der Waals surface area contributed by atoms with Crippen molar-refractivity contribution in [2.24, 2.45) is 0 Å². The summed E-state index contributed by atoms with van der Waals surface area (Å²) in [5.41, 5.74) is 5.10. The van der Waals surface area contributed by atoms with E-state index in [1.807, 2.05) is 0 Å². The molecule has 0 radical (unpaired) electrons. The Kier molecular flexibility index (Phi) is 4.92. The van der Waals surface area contributed by atoms with E-state index < -0.39 is 11.8 Å². The Hall–Kier alpha value is -3.07. The smallest absolute Gasteiger partial charge is 0.284 e. The lowest BCUT2D eigenvalue weighted by Crippen LogP contribution is -2.42. The molecule has 0 aliphatic rings. The monoisotopic (exact) mass is 344 g/mol. The summed E-state index contributed by atoms with van der Waals surface area (Å²) in [4.78, 5) is 23.5. The molecule has 2 heterocycles. The molecule has 0 saturated carbocycles. The SMILES string of the molecule is O=C(CSc1nnc(-c2ccco2)o1)NNC(=O)c1ccccc1. The Bertz CT molecular complexity index is 817. The first-order chi connectivity index (χ1) is 11.7. The maximum absolute atomic E-state index is 11.8. The van der Waals surface area contributed by atoms with Gasteiger partial charge in [-0.05, 0) is 24.3 Å². The number of hydrogen-bond donors (Lipinski definition) is 2. The molecule has 0 saturated heterocycles. The average molecular weight is 344 g/mol. The van der Waals surface area contributed by atoms with Crippen LogP contribution < -0.4 is 10.9 Å². The lowest BCUT2D eigenvalue weighted by atomic mass is 10.2. The number of carbonyl (C=O) groups is 2. The van der Waals surface area contributed by atoms with Crippen LogP contribution in [-0.2, 0) is 4.79 Å². The van der Waals surface area contributed by atoms with Gasteiger partial charge in [-0.15, -0.1) is 10.2 Å². The molecule has 3 aromatic rings. The number of carbonyl (C=O) groups excluding carboxylic acids is 2. The summed E-state index contributed by atoms with van der Waals surface area (Å²) in [7, 11) is 0. The average Bonchev–Trinajstić information content (AvgIpc) is 3.29. The van der Waals surface area contributed by atoms with Gasteiger partial charge in [0.25, 0.3) is 17.0 Å². The van der Waals surface area contributed by atoms with Gasteiger partial charge in [0, 0.05) is 5.56 Å². The summed E-state index contributed by atoms with van der Waals surface area (Å²) in [6.07, 6.45) is 1.50. The number of amides is 2. The maximum Gasteiger partial charge on any atom is 0.284 e. The Labute approximate surface area is 140 Å². The van der Waals surface area contributed by atoms with Crippen LogP contribution in [0.15, 0.2) is 62.8 Å². The molecule has 0 atom stereocenters. The van der Waals surface area contributed by atoms with Crippen molar-refractivity contribution in [2.75, 3.05) is 5.75 Å². The minimum absolute atomic E-state index is 0.00879. The molecule has 2 N–H and O–H groups in total. The van der Waals surface area contributed by atoms with Crippen LogP contribution in [0.1, 0.15) is 10.4 Å². The number of nitrogens with one attached hydrogen (secondary N) is 2. The van der Waals surface area contributed by atoms with Gasteiger partial charge in [0.15, 0.2) is 5.76 Å². The quantitative estimate of drug-likeness (QED) is 0.537. The Morgan fingerprint density at radius 2 is 1.88 bits per heavy atom. The molecule has 24 heavy (non-hydrogen) atoms. The molecule has 122 valence electrons. The molecular weight excluding hydrogens is 332 g/mol. The van der Waals surface area contributed by atoms with Crippen LogP contribution in [-0.4, -0.2) is 27.8 Å². The second-order valence-electron chi connectivity index (χ2n) is 4.51. The highest BCUT2D eigenvalue weighted by molar-refractivity contribution is 7.99. The third-order valence-electron chi connectivity index (χ3n) is 2.82. The highest BCUT2D eigenvalue weighted by Crippen LogP contribution is 2.22. The third-order valence-corrected chi connectivity index (χ3v) is 3.64. The first-order valence-corrected chi connectivity index (χ1v) is 7.85. The van der Waals surface area contributed by atoms with Gasteiger partial charge in [-0.3, -0.25) is 20.4 Å². The molecule has 0 fully saturated rings. The Balaban J connectivity index is 1.45. The van der Waals surface area contributed by atoms with E-state index in [4.69, 9.17) is 8.83 Å². The van der Waals surface area contributed by atoms with Crippen LogP contribution >= 0.6 is 11.8 Å². The molecule has 0 aliphatic heterocycles. The van der Waals surface area contributed by atoms with E-state index in [9.17, 15) is 9.59 Å². The lowest BCUT2D eigenvalue weighted by Gasteiger charge is -2.06. The third kappa shape index (κ3) is 4.02. The maximum atomic E-state index is 11.8. The number of furan rings is 1. The van der Waals surface area contributed by atoms with Crippen LogP contribution in [0.4, 0.5) is 0 Å². The van der Waals surface area contributed by atoms with Crippen molar-refractivity contribution in [1.29, 1.82) is 0 Å². The predicted molar refractivity (Wildman–Crippen MR) is 84.8 cm³/mol. The highest BCUT2D eigenvalue weighted by Gasteiger charge is 2.13. The van der Waals surface area contributed by atoms with Crippen molar-refractivity contribution in [3.05, 3.63) is 54.3 Å². The Morgan fingerprint density at radius 3 is 2.62 bits per heavy atom. The number of hydrogen-bond acceptors (Lipinski definition) is 7. The molecule has 1 aromatic carbocycles. The van der Waals surface area contributed by atoms with Crippen LogP contribution in [0, 0.1) is 0 Å². The zero-order valence-electron chi connectivity index (χ0n) is 12.3. The molecule has 8 nitrogen and oxygen atoms in total. The van der Waals surface area contributed by atoms with Gasteiger partial charge in [0.2, 0.25) is 5.91 Å². The van der Waals surface area contributed by atoms with E-state index in [0.29, 0.717) is 11.3 Å². The molecule has 2 amide bonds. The number of aromatic nitrogens is 2. The molecule has 9 heteroatoms. The van der Waals surface area contributed by atoms with Crippen LogP contribution in [0.2, 0.25) is 0 Å². The van der Waals surface area contributed by atoms with Crippen molar-refractivity contribution in [2.45, 2.75) is 5.22 Å².